The average molecular weight is 322 g/mol. The van der Waals surface area contributed by atoms with Crippen LogP contribution in [0.25, 0.3) is 0 Å². The second-order valence-electron chi connectivity index (χ2n) is 5.10. The highest BCUT2D eigenvalue weighted by Crippen LogP contribution is 2.11. The first-order valence-corrected chi connectivity index (χ1v) is 7.93. The Morgan fingerprint density at radius 2 is 1.91 bits per heavy atom. The number of hydrogen-bond donors (Lipinski definition) is 2. The number of rotatable bonds is 10. The lowest BCUT2D eigenvalue weighted by Gasteiger charge is -2.12. The zero-order valence-electron chi connectivity index (χ0n) is 13.9. The van der Waals surface area contributed by atoms with Crippen molar-refractivity contribution in [2.24, 2.45) is 4.99 Å². The summed E-state index contributed by atoms with van der Waals surface area (Å²) < 4.78 is 5.49. The van der Waals surface area contributed by atoms with Gasteiger partial charge in [0.25, 0.3) is 5.69 Å². The molecular weight excluding hydrogens is 296 g/mol. The van der Waals surface area contributed by atoms with Crippen molar-refractivity contribution in [2.75, 3.05) is 26.8 Å². The van der Waals surface area contributed by atoms with Crippen LogP contribution in [0.4, 0.5) is 5.69 Å². The summed E-state index contributed by atoms with van der Waals surface area (Å²) in [6.45, 7) is 5.05. The van der Waals surface area contributed by atoms with Gasteiger partial charge in [-0.1, -0.05) is 25.5 Å². The fourth-order valence-electron chi connectivity index (χ4n) is 1.87. The summed E-state index contributed by atoms with van der Waals surface area (Å²) >= 11 is 0. The van der Waals surface area contributed by atoms with Crippen LogP contribution in [0.2, 0.25) is 0 Å². The maximum absolute atomic E-state index is 10.6. The Hall–Kier alpha value is -2.15. The van der Waals surface area contributed by atoms with E-state index in [4.69, 9.17) is 4.74 Å². The molecule has 7 heteroatoms. The van der Waals surface area contributed by atoms with Gasteiger partial charge in [0.1, 0.15) is 0 Å². The number of non-ortho nitro benzene ring substituents is 1. The maximum Gasteiger partial charge on any atom is 0.269 e. The highest BCUT2D eigenvalue weighted by Gasteiger charge is 2.04. The molecule has 1 rings (SSSR count). The maximum atomic E-state index is 10.6. The molecule has 0 bridgehead atoms. The van der Waals surface area contributed by atoms with Crippen LogP contribution in [0.1, 0.15) is 31.7 Å². The SMILES string of the molecule is CCCCOCCCNC(=NC)NCc1ccc([N+](=O)[O-])cc1. The quantitative estimate of drug-likeness (QED) is 0.227. The molecule has 2 N–H and O–H groups in total. The molecule has 0 aliphatic heterocycles. The Labute approximate surface area is 137 Å². The van der Waals surface area contributed by atoms with E-state index in [-0.39, 0.29) is 5.69 Å². The van der Waals surface area contributed by atoms with Gasteiger partial charge in [0.2, 0.25) is 0 Å². The Balaban J connectivity index is 2.22. The second kappa shape index (κ2) is 11.4. The number of benzene rings is 1. The van der Waals surface area contributed by atoms with Crippen LogP contribution in [0.3, 0.4) is 0 Å². The van der Waals surface area contributed by atoms with Crippen molar-refractivity contribution in [3.05, 3.63) is 39.9 Å². The molecule has 0 aliphatic rings. The zero-order chi connectivity index (χ0) is 16.9. The van der Waals surface area contributed by atoms with E-state index in [1.165, 1.54) is 12.1 Å². The van der Waals surface area contributed by atoms with E-state index in [0.717, 1.165) is 44.6 Å². The number of ether oxygens (including phenoxy) is 1. The molecule has 7 nitrogen and oxygen atoms in total. The van der Waals surface area contributed by atoms with Crippen LogP contribution >= 0.6 is 0 Å². The summed E-state index contributed by atoms with van der Waals surface area (Å²) in [5.74, 6) is 0.705. The molecule has 1 aromatic rings. The smallest absolute Gasteiger partial charge is 0.269 e. The molecule has 23 heavy (non-hydrogen) atoms. The minimum absolute atomic E-state index is 0.0966. The van der Waals surface area contributed by atoms with Gasteiger partial charge in [0, 0.05) is 45.5 Å². The van der Waals surface area contributed by atoms with Gasteiger partial charge in [0.15, 0.2) is 5.96 Å². The molecule has 0 saturated carbocycles. The Bertz CT molecular complexity index is 489. The molecule has 0 heterocycles. The number of guanidine groups is 1. The van der Waals surface area contributed by atoms with E-state index in [2.05, 4.69) is 22.5 Å². The Morgan fingerprint density at radius 3 is 2.52 bits per heavy atom. The summed E-state index contributed by atoms with van der Waals surface area (Å²) in [5.41, 5.74) is 1.06. The standard InChI is InChI=1S/C16H26N4O3/c1-3-4-11-23-12-5-10-18-16(17-2)19-13-14-6-8-15(9-7-14)20(21)22/h6-9H,3-5,10-13H2,1-2H3,(H2,17,18,19). The van der Waals surface area contributed by atoms with E-state index in [9.17, 15) is 10.1 Å². The second-order valence-corrected chi connectivity index (χ2v) is 5.10. The topological polar surface area (TPSA) is 88.8 Å². The van der Waals surface area contributed by atoms with E-state index in [1.54, 1.807) is 19.2 Å². The van der Waals surface area contributed by atoms with Gasteiger partial charge in [-0.25, -0.2) is 0 Å². The van der Waals surface area contributed by atoms with Crippen LogP contribution in [-0.2, 0) is 11.3 Å². The van der Waals surface area contributed by atoms with Crippen LogP contribution < -0.4 is 10.6 Å². The number of nitrogens with zero attached hydrogens (tertiary/aromatic N) is 2. The minimum Gasteiger partial charge on any atom is -0.381 e. The lowest BCUT2D eigenvalue weighted by atomic mass is 10.2. The van der Waals surface area contributed by atoms with Gasteiger partial charge in [-0.05, 0) is 18.4 Å². The molecular formula is C16H26N4O3. The highest BCUT2D eigenvalue weighted by atomic mass is 16.6. The number of nitro benzene ring substituents is 1. The summed E-state index contributed by atoms with van der Waals surface area (Å²) in [6.07, 6.45) is 3.17. The molecule has 0 spiro atoms. The molecule has 0 atom stereocenters. The van der Waals surface area contributed by atoms with Crippen LogP contribution in [0.15, 0.2) is 29.3 Å². The van der Waals surface area contributed by atoms with Gasteiger partial charge in [0.05, 0.1) is 4.92 Å². The Kier molecular flexibility index (Phi) is 9.38. The third kappa shape index (κ3) is 8.15. The van der Waals surface area contributed by atoms with E-state index in [0.29, 0.717) is 12.5 Å². The van der Waals surface area contributed by atoms with Gasteiger partial charge >= 0.3 is 0 Å². The first-order valence-electron chi connectivity index (χ1n) is 7.93. The molecule has 0 fully saturated rings. The largest absolute Gasteiger partial charge is 0.381 e. The van der Waals surface area contributed by atoms with Crippen molar-refractivity contribution in [1.82, 2.24) is 10.6 Å². The minimum atomic E-state index is -0.403. The molecule has 0 aliphatic carbocycles. The first-order chi connectivity index (χ1) is 11.2. The third-order valence-corrected chi connectivity index (χ3v) is 3.23. The molecule has 0 aromatic heterocycles. The van der Waals surface area contributed by atoms with Gasteiger partial charge in [-0.15, -0.1) is 0 Å². The predicted molar refractivity (Wildman–Crippen MR) is 91.6 cm³/mol. The number of nitrogens with one attached hydrogen (secondary N) is 2. The van der Waals surface area contributed by atoms with Crippen molar-refractivity contribution in [3.8, 4) is 0 Å². The van der Waals surface area contributed by atoms with E-state index < -0.39 is 4.92 Å². The van der Waals surface area contributed by atoms with Crippen LogP contribution in [0, 0.1) is 10.1 Å². The average Bonchev–Trinajstić information content (AvgIpc) is 2.57. The number of nitro groups is 1. The normalized spacial score (nSPS) is 11.3. The fourth-order valence-corrected chi connectivity index (χ4v) is 1.87. The summed E-state index contributed by atoms with van der Waals surface area (Å²) in [6, 6.07) is 6.47. The van der Waals surface area contributed by atoms with Crippen LogP contribution in [-0.4, -0.2) is 37.7 Å². The number of hydrogen-bond acceptors (Lipinski definition) is 4. The molecule has 0 saturated heterocycles. The van der Waals surface area contributed by atoms with Crippen molar-refractivity contribution in [2.45, 2.75) is 32.7 Å². The number of unbranched alkanes of at least 4 members (excludes halogenated alkanes) is 1. The van der Waals surface area contributed by atoms with E-state index in [1.807, 2.05) is 0 Å². The van der Waals surface area contributed by atoms with Crippen LogP contribution in [0.5, 0.6) is 0 Å². The molecule has 1 aromatic carbocycles. The van der Waals surface area contributed by atoms with Gasteiger partial charge < -0.3 is 15.4 Å². The monoisotopic (exact) mass is 322 g/mol. The summed E-state index contributed by atoms with van der Waals surface area (Å²) in [5, 5.41) is 17.0. The lowest BCUT2D eigenvalue weighted by Crippen LogP contribution is -2.37. The van der Waals surface area contributed by atoms with Crippen molar-refractivity contribution in [1.29, 1.82) is 0 Å². The molecule has 0 unspecified atom stereocenters. The molecule has 128 valence electrons. The van der Waals surface area contributed by atoms with E-state index >= 15 is 0 Å². The first kappa shape index (κ1) is 18.9. The predicted octanol–water partition coefficient (Wildman–Crippen LogP) is 2.47. The van der Waals surface area contributed by atoms with Gasteiger partial charge in [-0.3, -0.25) is 15.1 Å². The van der Waals surface area contributed by atoms with Crippen molar-refractivity contribution >= 4 is 11.6 Å². The molecule has 0 radical (unpaired) electrons. The summed E-state index contributed by atoms with van der Waals surface area (Å²) in [7, 11) is 1.71. The zero-order valence-corrected chi connectivity index (χ0v) is 13.9. The fraction of sp³-hybridized carbons (Fsp3) is 0.562. The Morgan fingerprint density at radius 1 is 1.22 bits per heavy atom. The molecule has 0 amide bonds. The third-order valence-electron chi connectivity index (χ3n) is 3.23. The van der Waals surface area contributed by atoms with Crippen molar-refractivity contribution in [3.63, 3.8) is 0 Å². The van der Waals surface area contributed by atoms with Crippen molar-refractivity contribution < 1.29 is 9.66 Å². The summed E-state index contributed by atoms with van der Waals surface area (Å²) in [4.78, 5) is 14.3. The lowest BCUT2D eigenvalue weighted by molar-refractivity contribution is -0.384. The van der Waals surface area contributed by atoms with Gasteiger partial charge in [-0.2, -0.15) is 0 Å². The number of aliphatic imine (C=N–C) groups is 1. The highest BCUT2D eigenvalue weighted by molar-refractivity contribution is 5.79.